The number of nitrogens with zero attached hydrogens (tertiary/aromatic N) is 1. The van der Waals surface area contributed by atoms with E-state index in [9.17, 15) is 4.79 Å². The van der Waals surface area contributed by atoms with Gasteiger partial charge in [-0.2, -0.15) is 0 Å². The van der Waals surface area contributed by atoms with Crippen molar-refractivity contribution in [2.24, 2.45) is 0 Å². The van der Waals surface area contributed by atoms with Gasteiger partial charge in [-0.05, 0) is 31.0 Å². The number of rotatable bonds is 5. The highest BCUT2D eigenvalue weighted by atomic mass is 16.5. The van der Waals surface area contributed by atoms with Crippen LogP contribution < -0.4 is 4.74 Å². The van der Waals surface area contributed by atoms with Gasteiger partial charge in [0.2, 0.25) is 0 Å². The smallest absolute Gasteiger partial charge is 0.251 e. The number of methoxy groups -OCH3 is 1. The van der Waals surface area contributed by atoms with Crippen LogP contribution in [0.1, 0.15) is 18.9 Å². The van der Waals surface area contributed by atoms with Gasteiger partial charge >= 0.3 is 0 Å². The molecule has 1 unspecified atom stereocenters. The Morgan fingerprint density at radius 3 is 2.83 bits per heavy atom. The number of benzene rings is 1. The van der Waals surface area contributed by atoms with Crippen LogP contribution in [0.15, 0.2) is 24.3 Å². The van der Waals surface area contributed by atoms with Crippen LogP contribution in [0.4, 0.5) is 0 Å². The maximum atomic E-state index is 11.8. The van der Waals surface area contributed by atoms with Gasteiger partial charge in [0.15, 0.2) is 0 Å². The Bertz CT molecular complexity index is 415. The average molecular weight is 249 g/mol. The molecule has 0 N–H and O–H groups in total. The standard InChI is InChI=1S/C14H19NO3/c1-11(14(16)15-7-4-8-15)18-10-12-5-3-6-13(9-12)17-2/h3,5-6,9,11H,4,7-8,10H2,1-2H3. The third-order valence-electron chi connectivity index (χ3n) is 3.15. The van der Waals surface area contributed by atoms with E-state index < -0.39 is 0 Å². The van der Waals surface area contributed by atoms with Crippen molar-refractivity contribution >= 4 is 5.91 Å². The van der Waals surface area contributed by atoms with Crippen molar-refractivity contribution in [3.8, 4) is 5.75 Å². The van der Waals surface area contributed by atoms with E-state index >= 15 is 0 Å². The Morgan fingerprint density at radius 1 is 1.44 bits per heavy atom. The van der Waals surface area contributed by atoms with E-state index in [4.69, 9.17) is 9.47 Å². The van der Waals surface area contributed by atoms with Crippen molar-refractivity contribution in [3.05, 3.63) is 29.8 Å². The molecule has 1 aliphatic heterocycles. The summed E-state index contributed by atoms with van der Waals surface area (Å²) in [6, 6.07) is 7.68. The van der Waals surface area contributed by atoms with Gasteiger partial charge in [0.1, 0.15) is 11.9 Å². The van der Waals surface area contributed by atoms with E-state index in [1.165, 1.54) is 0 Å². The number of likely N-dealkylation sites (tertiary alicyclic amines) is 1. The van der Waals surface area contributed by atoms with Crippen molar-refractivity contribution in [2.45, 2.75) is 26.1 Å². The van der Waals surface area contributed by atoms with Crippen molar-refractivity contribution in [2.75, 3.05) is 20.2 Å². The lowest BCUT2D eigenvalue weighted by Crippen LogP contribution is -2.47. The Kier molecular flexibility index (Phi) is 4.20. The minimum atomic E-state index is -0.378. The number of ether oxygens (including phenoxy) is 2. The van der Waals surface area contributed by atoms with Gasteiger partial charge in [-0.15, -0.1) is 0 Å². The minimum absolute atomic E-state index is 0.0872. The first-order valence-corrected chi connectivity index (χ1v) is 6.24. The van der Waals surface area contributed by atoms with E-state index in [0.717, 1.165) is 30.8 Å². The first kappa shape index (κ1) is 12.9. The molecule has 1 heterocycles. The molecule has 0 spiro atoms. The summed E-state index contributed by atoms with van der Waals surface area (Å²) in [7, 11) is 1.63. The molecule has 4 nitrogen and oxygen atoms in total. The number of carbonyl (C=O) groups excluding carboxylic acids is 1. The minimum Gasteiger partial charge on any atom is -0.497 e. The second-order valence-electron chi connectivity index (χ2n) is 4.48. The first-order chi connectivity index (χ1) is 8.70. The summed E-state index contributed by atoms with van der Waals surface area (Å²) in [6.45, 7) is 3.97. The third kappa shape index (κ3) is 3.01. The second-order valence-corrected chi connectivity index (χ2v) is 4.48. The van der Waals surface area contributed by atoms with Crippen LogP contribution in [-0.2, 0) is 16.1 Å². The van der Waals surface area contributed by atoms with E-state index in [-0.39, 0.29) is 12.0 Å². The SMILES string of the molecule is COc1cccc(COC(C)C(=O)N2CCC2)c1. The Balaban J connectivity index is 1.84. The molecule has 1 atom stereocenters. The summed E-state index contributed by atoms with van der Waals surface area (Å²) in [5.74, 6) is 0.891. The molecular weight excluding hydrogens is 230 g/mol. The van der Waals surface area contributed by atoms with Crippen LogP contribution in [0.25, 0.3) is 0 Å². The number of amides is 1. The molecular formula is C14H19NO3. The van der Waals surface area contributed by atoms with Crippen LogP contribution in [-0.4, -0.2) is 37.1 Å². The van der Waals surface area contributed by atoms with E-state index in [2.05, 4.69) is 0 Å². The molecule has 1 aliphatic rings. The zero-order valence-electron chi connectivity index (χ0n) is 10.9. The molecule has 0 bridgehead atoms. The molecule has 4 heteroatoms. The lowest BCUT2D eigenvalue weighted by atomic mass is 10.2. The Labute approximate surface area is 107 Å². The highest BCUT2D eigenvalue weighted by Gasteiger charge is 2.25. The molecule has 98 valence electrons. The van der Waals surface area contributed by atoms with Crippen molar-refractivity contribution < 1.29 is 14.3 Å². The maximum absolute atomic E-state index is 11.8. The summed E-state index contributed by atoms with van der Waals surface area (Å²) in [4.78, 5) is 13.7. The van der Waals surface area contributed by atoms with E-state index in [0.29, 0.717) is 6.61 Å². The molecule has 1 aromatic carbocycles. The monoisotopic (exact) mass is 249 g/mol. The maximum Gasteiger partial charge on any atom is 0.251 e. The van der Waals surface area contributed by atoms with Crippen LogP contribution in [0.2, 0.25) is 0 Å². The van der Waals surface area contributed by atoms with Gasteiger partial charge in [-0.3, -0.25) is 4.79 Å². The van der Waals surface area contributed by atoms with Crippen molar-refractivity contribution in [1.29, 1.82) is 0 Å². The van der Waals surface area contributed by atoms with Crippen LogP contribution in [0.3, 0.4) is 0 Å². The molecule has 18 heavy (non-hydrogen) atoms. The summed E-state index contributed by atoms with van der Waals surface area (Å²) >= 11 is 0. The predicted octanol–water partition coefficient (Wildman–Crippen LogP) is 1.83. The third-order valence-corrected chi connectivity index (χ3v) is 3.15. The van der Waals surface area contributed by atoms with E-state index in [1.54, 1.807) is 14.0 Å². The Hall–Kier alpha value is -1.55. The van der Waals surface area contributed by atoms with Gasteiger partial charge in [-0.1, -0.05) is 12.1 Å². The first-order valence-electron chi connectivity index (χ1n) is 6.24. The van der Waals surface area contributed by atoms with Crippen molar-refractivity contribution in [3.63, 3.8) is 0 Å². The van der Waals surface area contributed by atoms with Crippen LogP contribution in [0, 0.1) is 0 Å². The molecule has 1 aromatic rings. The number of hydrogen-bond acceptors (Lipinski definition) is 3. The fourth-order valence-corrected chi connectivity index (χ4v) is 1.85. The topological polar surface area (TPSA) is 38.8 Å². The highest BCUT2D eigenvalue weighted by molar-refractivity contribution is 5.81. The second kappa shape index (κ2) is 5.87. The van der Waals surface area contributed by atoms with Gasteiger partial charge in [0, 0.05) is 13.1 Å². The number of hydrogen-bond donors (Lipinski definition) is 0. The fraction of sp³-hybridized carbons (Fsp3) is 0.500. The normalized spacial score (nSPS) is 16.0. The van der Waals surface area contributed by atoms with E-state index in [1.807, 2.05) is 29.2 Å². The quantitative estimate of drug-likeness (QED) is 0.799. The number of carbonyl (C=O) groups is 1. The predicted molar refractivity (Wildman–Crippen MR) is 68.4 cm³/mol. The van der Waals surface area contributed by atoms with Crippen LogP contribution >= 0.6 is 0 Å². The fourth-order valence-electron chi connectivity index (χ4n) is 1.85. The largest absolute Gasteiger partial charge is 0.497 e. The summed E-state index contributed by atoms with van der Waals surface area (Å²) < 4.78 is 10.7. The van der Waals surface area contributed by atoms with Crippen LogP contribution in [0.5, 0.6) is 5.75 Å². The molecule has 0 saturated carbocycles. The summed E-state index contributed by atoms with van der Waals surface area (Å²) in [5.41, 5.74) is 1.01. The van der Waals surface area contributed by atoms with Gasteiger partial charge in [-0.25, -0.2) is 0 Å². The molecule has 1 fully saturated rings. The summed E-state index contributed by atoms with van der Waals surface area (Å²) in [6.07, 6.45) is 0.727. The molecule has 1 amide bonds. The molecule has 1 saturated heterocycles. The average Bonchev–Trinajstić information content (AvgIpc) is 2.34. The zero-order chi connectivity index (χ0) is 13.0. The van der Waals surface area contributed by atoms with Gasteiger partial charge in [0.05, 0.1) is 13.7 Å². The highest BCUT2D eigenvalue weighted by Crippen LogP contribution is 2.15. The molecule has 0 radical (unpaired) electrons. The lowest BCUT2D eigenvalue weighted by Gasteiger charge is -2.33. The summed E-state index contributed by atoms with van der Waals surface area (Å²) in [5, 5.41) is 0. The molecule has 0 aliphatic carbocycles. The Morgan fingerprint density at radius 2 is 2.22 bits per heavy atom. The molecule has 2 rings (SSSR count). The zero-order valence-corrected chi connectivity index (χ0v) is 10.9. The van der Waals surface area contributed by atoms with Gasteiger partial charge < -0.3 is 14.4 Å². The lowest BCUT2D eigenvalue weighted by molar-refractivity contribution is -0.147. The van der Waals surface area contributed by atoms with Gasteiger partial charge in [0.25, 0.3) is 5.91 Å². The molecule has 0 aromatic heterocycles. The van der Waals surface area contributed by atoms with Crippen molar-refractivity contribution in [1.82, 2.24) is 4.90 Å².